The summed E-state index contributed by atoms with van der Waals surface area (Å²) in [7, 11) is 0. The molecule has 3 heterocycles. The third kappa shape index (κ3) is 4.05. The van der Waals surface area contributed by atoms with Gasteiger partial charge >= 0.3 is 0 Å². The molecule has 2 aliphatic heterocycles. The Balaban J connectivity index is 1.73. The van der Waals surface area contributed by atoms with E-state index in [0.717, 1.165) is 41.9 Å². The van der Waals surface area contributed by atoms with Crippen LogP contribution in [-0.4, -0.2) is 33.6 Å². The monoisotopic (exact) mass is 404 g/mol. The van der Waals surface area contributed by atoms with Crippen molar-refractivity contribution in [3.63, 3.8) is 0 Å². The van der Waals surface area contributed by atoms with Gasteiger partial charge in [-0.3, -0.25) is 0 Å². The Morgan fingerprint density at radius 1 is 1.33 bits per heavy atom. The van der Waals surface area contributed by atoms with Crippen LogP contribution < -0.4 is 16.4 Å². The number of hydrogen-bond donors (Lipinski definition) is 3. The van der Waals surface area contributed by atoms with Gasteiger partial charge in [0.25, 0.3) is 0 Å². The molecule has 0 bridgehead atoms. The smallest absolute Gasteiger partial charge is 0.223 e. The van der Waals surface area contributed by atoms with Gasteiger partial charge in [-0.1, -0.05) is 32.1 Å². The van der Waals surface area contributed by atoms with E-state index in [0.29, 0.717) is 24.5 Å². The lowest BCUT2D eigenvalue weighted by Gasteiger charge is -2.28. The fraction of sp³-hybridized carbons (Fsp3) is 0.417. The average molecular weight is 405 g/mol. The standard InChI is InChI=1S/C24H32N6/c1-4-16(3)27-24-26-12-10-20(28-24)22-23(19-8-6-17(5-2)7-9-19)30-13-11-18(15-25)14-21(30)29-22/h6,8-14,16-17,21,29H,4-5,7,15,25H2,1-3H3,(H,26,27,28). The second-order valence-corrected chi connectivity index (χ2v) is 8.12. The van der Waals surface area contributed by atoms with Gasteiger partial charge < -0.3 is 21.3 Å². The normalized spacial score (nSPS) is 23.7. The molecule has 6 nitrogen and oxygen atoms in total. The molecule has 6 heteroatoms. The summed E-state index contributed by atoms with van der Waals surface area (Å²) in [5.74, 6) is 1.28. The van der Waals surface area contributed by atoms with Crippen LogP contribution in [0.1, 0.15) is 45.7 Å². The largest absolute Gasteiger partial charge is 0.358 e. The number of rotatable bonds is 7. The second-order valence-electron chi connectivity index (χ2n) is 8.12. The zero-order valence-electron chi connectivity index (χ0n) is 18.1. The van der Waals surface area contributed by atoms with Crippen LogP contribution in [0.25, 0.3) is 5.70 Å². The first-order valence-corrected chi connectivity index (χ1v) is 11.0. The van der Waals surface area contributed by atoms with E-state index in [1.54, 1.807) is 0 Å². The number of anilines is 1. The van der Waals surface area contributed by atoms with Crippen LogP contribution in [0, 0.1) is 5.92 Å². The number of allylic oxidation sites excluding steroid dienone is 3. The van der Waals surface area contributed by atoms with E-state index in [2.05, 4.69) is 77.9 Å². The summed E-state index contributed by atoms with van der Waals surface area (Å²) in [6.07, 6.45) is 18.5. The molecule has 0 saturated heterocycles. The molecule has 3 atom stereocenters. The van der Waals surface area contributed by atoms with E-state index in [9.17, 15) is 0 Å². The average Bonchev–Trinajstić information content (AvgIpc) is 3.17. The zero-order chi connectivity index (χ0) is 21.1. The van der Waals surface area contributed by atoms with E-state index < -0.39 is 0 Å². The first-order chi connectivity index (χ1) is 14.6. The Hall–Kier alpha value is -2.86. The summed E-state index contributed by atoms with van der Waals surface area (Å²) >= 11 is 0. The zero-order valence-corrected chi connectivity index (χ0v) is 18.1. The fourth-order valence-electron chi connectivity index (χ4n) is 3.94. The van der Waals surface area contributed by atoms with Crippen molar-refractivity contribution in [2.45, 2.75) is 52.2 Å². The summed E-state index contributed by atoms with van der Waals surface area (Å²) in [5, 5.41) is 7.06. The highest BCUT2D eigenvalue weighted by Crippen LogP contribution is 2.37. The van der Waals surface area contributed by atoms with Gasteiger partial charge in [0.2, 0.25) is 5.95 Å². The number of nitrogens with zero attached hydrogens (tertiary/aromatic N) is 3. The molecule has 4 rings (SSSR count). The summed E-state index contributed by atoms with van der Waals surface area (Å²) in [6, 6.07) is 2.30. The Kier molecular flexibility index (Phi) is 6.04. The van der Waals surface area contributed by atoms with Crippen LogP contribution in [0.4, 0.5) is 5.95 Å². The van der Waals surface area contributed by atoms with Crippen LogP contribution in [-0.2, 0) is 0 Å². The highest BCUT2D eigenvalue weighted by molar-refractivity contribution is 5.74. The van der Waals surface area contributed by atoms with E-state index in [1.165, 1.54) is 5.57 Å². The Labute approximate surface area is 179 Å². The van der Waals surface area contributed by atoms with Crippen LogP contribution in [0.15, 0.2) is 65.7 Å². The van der Waals surface area contributed by atoms with Crippen molar-refractivity contribution >= 4 is 11.6 Å². The maximum atomic E-state index is 5.89. The molecule has 3 aliphatic rings. The molecule has 0 spiro atoms. The fourth-order valence-corrected chi connectivity index (χ4v) is 3.94. The van der Waals surface area contributed by atoms with Gasteiger partial charge in [-0.05, 0) is 61.5 Å². The topological polar surface area (TPSA) is 79.1 Å². The van der Waals surface area contributed by atoms with Gasteiger partial charge in [0.1, 0.15) is 6.17 Å². The molecule has 3 unspecified atom stereocenters. The maximum Gasteiger partial charge on any atom is 0.223 e. The van der Waals surface area contributed by atoms with E-state index in [1.807, 2.05) is 12.3 Å². The quantitative estimate of drug-likeness (QED) is 0.639. The van der Waals surface area contributed by atoms with Crippen LogP contribution in [0.2, 0.25) is 0 Å². The minimum atomic E-state index is 0.0395. The second kappa shape index (κ2) is 8.88. The lowest BCUT2D eigenvalue weighted by atomic mass is 9.92. The first kappa shape index (κ1) is 20.4. The number of hydrogen-bond acceptors (Lipinski definition) is 6. The minimum absolute atomic E-state index is 0.0395. The van der Waals surface area contributed by atoms with Gasteiger partial charge in [0.15, 0.2) is 0 Å². The molecule has 1 aromatic rings. The SMILES string of the molecule is CCC1C=CC(C2=C(c3ccnc(NC(C)CC)n3)NC3C=C(CN)C=CN23)=CC1. The van der Waals surface area contributed by atoms with Crippen molar-refractivity contribution in [3.8, 4) is 0 Å². The first-order valence-electron chi connectivity index (χ1n) is 11.0. The predicted molar refractivity (Wildman–Crippen MR) is 123 cm³/mol. The molecule has 158 valence electrons. The summed E-state index contributed by atoms with van der Waals surface area (Å²) in [4.78, 5) is 11.5. The molecule has 1 aromatic heterocycles. The van der Waals surface area contributed by atoms with Gasteiger partial charge in [-0.15, -0.1) is 0 Å². The minimum Gasteiger partial charge on any atom is -0.358 e. The third-order valence-electron chi connectivity index (χ3n) is 6.03. The van der Waals surface area contributed by atoms with Crippen molar-refractivity contribution in [2.75, 3.05) is 11.9 Å². The van der Waals surface area contributed by atoms with Crippen molar-refractivity contribution in [2.24, 2.45) is 11.7 Å². The summed E-state index contributed by atoms with van der Waals surface area (Å²) in [5.41, 5.74) is 11.3. The van der Waals surface area contributed by atoms with Crippen molar-refractivity contribution < 1.29 is 0 Å². The van der Waals surface area contributed by atoms with E-state index in [-0.39, 0.29) is 6.17 Å². The van der Waals surface area contributed by atoms with Crippen molar-refractivity contribution in [1.82, 2.24) is 20.2 Å². The van der Waals surface area contributed by atoms with Gasteiger partial charge in [0.05, 0.1) is 17.1 Å². The molecule has 4 N–H and O–H groups in total. The maximum absolute atomic E-state index is 5.89. The van der Waals surface area contributed by atoms with Gasteiger partial charge in [0, 0.05) is 25.0 Å². The van der Waals surface area contributed by atoms with Crippen LogP contribution >= 0.6 is 0 Å². The molecule has 0 fully saturated rings. The number of nitrogens with one attached hydrogen (secondary N) is 2. The molecule has 0 amide bonds. The molecule has 0 saturated carbocycles. The van der Waals surface area contributed by atoms with Gasteiger partial charge in [-0.25, -0.2) is 9.97 Å². The van der Waals surface area contributed by atoms with E-state index >= 15 is 0 Å². The molecular weight excluding hydrogens is 372 g/mol. The van der Waals surface area contributed by atoms with Crippen molar-refractivity contribution in [3.05, 3.63) is 71.4 Å². The Bertz CT molecular complexity index is 939. The number of fused-ring (bicyclic) bond motifs is 1. The Morgan fingerprint density at radius 3 is 2.90 bits per heavy atom. The highest BCUT2D eigenvalue weighted by atomic mass is 15.3. The molecule has 0 aromatic carbocycles. The van der Waals surface area contributed by atoms with Gasteiger partial charge in [-0.2, -0.15) is 0 Å². The molecule has 0 radical (unpaired) electrons. The van der Waals surface area contributed by atoms with Crippen molar-refractivity contribution in [1.29, 1.82) is 0 Å². The Morgan fingerprint density at radius 2 is 2.20 bits per heavy atom. The molecule has 1 aliphatic carbocycles. The highest BCUT2D eigenvalue weighted by Gasteiger charge is 2.33. The summed E-state index contributed by atoms with van der Waals surface area (Å²) < 4.78 is 0. The summed E-state index contributed by atoms with van der Waals surface area (Å²) in [6.45, 7) is 7.06. The predicted octanol–water partition coefficient (Wildman–Crippen LogP) is 3.91. The van der Waals surface area contributed by atoms with E-state index in [4.69, 9.17) is 10.7 Å². The van der Waals surface area contributed by atoms with Crippen LogP contribution in [0.5, 0.6) is 0 Å². The number of nitrogens with two attached hydrogens (primary N) is 1. The third-order valence-corrected chi connectivity index (χ3v) is 6.03. The van der Waals surface area contributed by atoms with Crippen LogP contribution in [0.3, 0.4) is 0 Å². The lowest BCUT2D eigenvalue weighted by molar-refractivity contribution is 0.404. The lowest BCUT2D eigenvalue weighted by Crippen LogP contribution is -2.35. The molecule has 30 heavy (non-hydrogen) atoms. The molecular formula is C24H32N6. The number of aromatic nitrogens is 2.